The maximum absolute atomic E-state index is 13.5. The molecule has 1 aliphatic rings. The first-order valence-corrected chi connectivity index (χ1v) is 11.1. The van der Waals surface area contributed by atoms with Crippen molar-refractivity contribution in [1.82, 2.24) is 15.2 Å². The standard InChI is InChI=1S/C27H25N3O3/c31-26(25-11-6-16-33-25)29-24(17-19-7-2-1-3-8-19)27(32)30-14-12-20(13-15-30)22-18-28-23-10-5-4-9-21(22)23/h1-12,16,18,24,28H,13-15,17H2,(H,29,31). The van der Waals surface area contributed by atoms with Crippen molar-refractivity contribution in [3.63, 3.8) is 0 Å². The lowest BCUT2D eigenvalue weighted by molar-refractivity contribution is -0.132. The summed E-state index contributed by atoms with van der Waals surface area (Å²) in [5, 5.41) is 4.07. The van der Waals surface area contributed by atoms with Gasteiger partial charge in [0.25, 0.3) is 5.91 Å². The normalized spacial score (nSPS) is 14.7. The Labute approximate surface area is 191 Å². The zero-order valence-electron chi connectivity index (χ0n) is 18.2. The lowest BCUT2D eigenvalue weighted by Gasteiger charge is -2.30. The molecular formula is C27H25N3O3. The highest BCUT2D eigenvalue weighted by atomic mass is 16.3. The predicted molar refractivity (Wildman–Crippen MR) is 128 cm³/mol. The van der Waals surface area contributed by atoms with Crippen LogP contribution in [0.3, 0.4) is 0 Å². The molecule has 0 spiro atoms. The van der Waals surface area contributed by atoms with E-state index in [0.717, 1.165) is 17.5 Å². The minimum absolute atomic E-state index is 0.0898. The smallest absolute Gasteiger partial charge is 0.287 e. The molecule has 1 atom stereocenters. The molecular weight excluding hydrogens is 414 g/mol. The van der Waals surface area contributed by atoms with E-state index in [2.05, 4.69) is 28.5 Å². The van der Waals surface area contributed by atoms with Crippen LogP contribution in [0.15, 0.2) is 89.7 Å². The molecule has 166 valence electrons. The summed E-state index contributed by atoms with van der Waals surface area (Å²) in [6.45, 7) is 1.11. The Morgan fingerprint density at radius 1 is 1.03 bits per heavy atom. The Morgan fingerprint density at radius 3 is 2.61 bits per heavy atom. The molecule has 0 bridgehead atoms. The van der Waals surface area contributed by atoms with Crippen molar-refractivity contribution in [2.45, 2.75) is 18.9 Å². The Balaban J connectivity index is 1.33. The van der Waals surface area contributed by atoms with Crippen LogP contribution in [-0.2, 0) is 11.2 Å². The average molecular weight is 440 g/mol. The zero-order chi connectivity index (χ0) is 22.6. The van der Waals surface area contributed by atoms with Gasteiger partial charge in [0.15, 0.2) is 5.76 Å². The van der Waals surface area contributed by atoms with Crippen LogP contribution in [0.1, 0.15) is 28.1 Å². The van der Waals surface area contributed by atoms with Gasteiger partial charge in [0, 0.05) is 42.2 Å². The number of carbonyl (C=O) groups excluding carboxylic acids is 2. The van der Waals surface area contributed by atoms with Gasteiger partial charge in [0.2, 0.25) is 5.91 Å². The van der Waals surface area contributed by atoms with E-state index in [0.29, 0.717) is 19.5 Å². The minimum Gasteiger partial charge on any atom is -0.459 e. The fourth-order valence-corrected chi connectivity index (χ4v) is 4.36. The summed E-state index contributed by atoms with van der Waals surface area (Å²) < 4.78 is 5.21. The summed E-state index contributed by atoms with van der Waals surface area (Å²) in [6, 6.07) is 20.5. The lowest BCUT2D eigenvalue weighted by Crippen LogP contribution is -2.50. The second kappa shape index (κ2) is 9.20. The summed E-state index contributed by atoms with van der Waals surface area (Å²) in [5.41, 5.74) is 4.51. The van der Waals surface area contributed by atoms with E-state index in [1.165, 1.54) is 22.8 Å². The van der Waals surface area contributed by atoms with E-state index >= 15 is 0 Å². The Bertz CT molecular complexity index is 1290. The molecule has 0 radical (unpaired) electrons. The van der Waals surface area contributed by atoms with E-state index in [1.54, 1.807) is 12.1 Å². The molecule has 0 saturated heterocycles. The molecule has 1 aliphatic heterocycles. The number of aromatic amines is 1. The van der Waals surface area contributed by atoms with Gasteiger partial charge in [-0.1, -0.05) is 54.6 Å². The molecule has 0 fully saturated rings. The second-order valence-electron chi connectivity index (χ2n) is 8.20. The summed E-state index contributed by atoms with van der Waals surface area (Å²) in [4.78, 5) is 31.2. The molecule has 2 aromatic carbocycles. The number of H-pyrrole nitrogens is 1. The van der Waals surface area contributed by atoms with E-state index in [9.17, 15) is 9.59 Å². The van der Waals surface area contributed by atoms with Gasteiger partial charge in [-0.3, -0.25) is 9.59 Å². The first-order valence-electron chi connectivity index (χ1n) is 11.1. The average Bonchev–Trinajstić information content (AvgIpc) is 3.55. The van der Waals surface area contributed by atoms with Crippen LogP contribution in [0.25, 0.3) is 16.5 Å². The van der Waals surface area contributed by atoms with Gasteiger partial charge < -0.3 is 19.6 Å². The molecule has 3 heterocycles. The number of rotatable bonds is 6. The number of fused-ring (bicyclic) bond motifs is 1. The topological polar surface area (TPSA) is 78.3 Å². The SMILES string of the molecule is O=C(NC(Cc1ccccc1)C(=O)N1CC=C(c2c[nH]c3ccccc23)CC1)c1ccco1. The molecule has 4 aromatic rings. The largest absolute Gasteiger partial charge is 0.459 e. The van der Waals surface area contributed by atoms with Crippen molar-refractivity contribution >= 4 is 28.3 Å². The quantitative estimate of drug-likeness (QED) is 0.467. The molecule has 0 saturated carbocycles. The van der Waals surface area contributed by atoms with E-state index < -0.39 is 6.04 Å². The number of carbonyl (C=O) groups is 2. The fourth-order valence-electron chi connectivity index (χ4n) is 4.36. The number of nitrogens with one attached hydrogen (secondary N) is 2. The van der Waals surface area contributed by atoms with Crippen LogP contribution in [0.5, 0.6) is 0 Å². The van der Waals surface area contributed by atoms with Crippen LogP contribution < -0.4 is 5.32 Å². The lowest BCUT2D eigenvalue weighted by atomic mass is 9.98. The van der Waals surface area contributed by atoms with Gasteiger partial charge in [0.05, 0.1) is 6.26 Å². The van der Waals surface area contributed by atoms with Gasteiger partial charge in [-0.05, 0) is 35.8 Å². The van der Waals surface area contributed by atoms with Crippen molar-refractivity contribution < 1.29 is 14.0 Å². The number of nitrogens with zero attached hydrogens (tertiary/aromatic N) is 1. The second-order valence-corrected chi connectivity index (χ2v) is 8.20. The van der Waals surface area contributed by atoms with Gasteiger partial charge in [-0.2, -0.15) is 0 Å². The fraction of sp³-hybridized carbons (Fsp3) is 0.185. The van der Waals surface area contributed by atoms with Crippen molar-refractivity contribution in [1.29, 1.82) is 0 Å². The predicted octanol–water partition coefficient (Wildman–Crippen LogP) is 4.42. The first kappa shape index (κ1) is 20.8. The number of para-hydroxylation sites is 1. The molecule has 0 aliphatic carbocycles. The number of benzene rings is 2. The zero-order valence-corrected chi connectivity index (χ0v) is 18.2. The van der Waals surface area contributed by atoms with Crippen molar-refractivity contribution in [3.05, 3.63) is 102 Å². The van der Waals surface area contributed by atoms with E-state index in [-0.39, 0.29) is 17.6 Å². The molecule has 6 nitrogen and oxygen atoms in total. The number of hydrogen-bond donors (Lipinski definition) is 2. The first-order chi connectivity index (χ1) is 16.2. The summed E-state index contributed by atoms with van der Waals surface area (Å²) in [7, 11) is 0. The van der Waals surface area contributed by atoms with Gasteiger partial charge in [0.1, 0.15) is 6.04 Å². The molecule has 33 heavy (non-hydrogen) atoms. The van der Waals surface area contributed by atoms with Crippen molar-refractivity contribution in [3.8, 4) is 0 Å². The number of furan rings is 1. The third kappa shape index (κ3) is 4.46. The number of amides is 2. The highest BCUT2D eigenvalue weighted by Crippen LogP contribution is 2.29. The molecule has 6 heteroatoms. The van der Waals surface area contributed by atoms with E-state index in [4.69, 9.17) is 4.42 Å². The Morgan fingerprint density at radius 2 is 1.85 bits per heavy atom. The molecule has 2 aromatic heterocycles. The van der Waals surface area contributed by atoms with Crippen LogP contribution in [0.2, 0.25) is 0 Å². The number of hydrogen-bond acceptors (Lipinski definition) is 3. The number of aromatic nitrogens is 1. The van der Waals surface area contributed by atoms with E-state index in [1.807, 2.05) is 53.6 Å². The van der Waals surface area contributed by atoms with Crippen LogP contribution >= 0.6 is 0 Å². The molecule has 2 N–H and O–H groups in total. The van der Waals surface area contributed by atoms with Crippen LogP contribution in [-0.4, -0.2) is 40.8 Å². The van der Waals surface area contributed by atoms with Crippen LogP contribution in [0, 0.1) is 0 Å². The minimum atomic E-state index is -0.673. The highest BCUT2D eigenvalue weighted by Gasteiger charge is 2.28. The van der Waals surface area contributed by atoms with Gasteiger partial charge in [-0.15, -0.1) is 0 Å². The Kier molecular flexibility index (Phi) is 5.81. The molecule has 2 amide bonds. The van der Waals surface area contributed by atoms with Crippen molar-refractivity contribution in [2.75, 3.05) is 13.1 Å². The summed E-state index contributed by atoms with van der Waals surface area (Å²) in [5.74, 6) is -0.282. The van der Waals surface area contributed by atoms with Crippen LogP contribution in [0.4, 0.5) is 0 Å². The molecule has 1 unspecified atom stereocenters. The third-order valence-corrected chi connectivity index (χ3v) is 6.09. The maximum atomic E-state index is 13.5. The highest BCUT2D eigenvalue weighted by molar-refractivity contribution is 5.96. The van der Waals surface area contributed by atoms with Crippen molar-refractivity contribution in [2.24, 2.45) is 0 Å². The maximum Gasteiger partial charge on any atom is 0.287 e. The Hall–Kier alpha value is -4.06. The van der Waals surface area contributed by atoms with Gasteiger partial charge in [-0.25, -0.2) is 0 Å². The van der Waals surface area contributed by atoms with Gasteiger partial charge >= 0.3 is 0 Å². The summed E-state index contributed by atoms with van der Waals surface area (Å²) >= 11 is 0. The third-order valence-electron chi connectivity index (χ3n) is 6.09. The monoisotopic (exact) mass is 439 g/mol. The summed E-state index contributed by atoms with van der Waals surface area (Å²) in [6.07, 6.45) is 6.78. The molecule has 5 rings (SSSR count).